The van der Waals surface area contributed by atoms with Gasteiger partial charge in [-0.2, -0.15) is 0 Å². The molecule has 0 fully saturated rings. The molecule has 0 aromatic rings. The molecule has 0 aliphatic rings. The summed E-state index contributed by atoms with van der Waals surface area (Å²) >= 11 is 0. The molecule has 0 aromatic heterocycles. The van der Waals surface area contributed by atoms with Gasteiger partial charge in [-0.1, -0.05) is 253 Å². The van der Waals surface area contributed by atoms with E-state index in [1.54, 1.807) is 0 Å². The van der Waals surface area contributed by atoms with E-state index in [1.807, 2.05) is 0 Å². The van der Waals surface area contributed by atoms with E-state index in [0.717, 1.165) is 103 Å². The van der Waals surface area contributed by atoms with Crippen molar-refractivity contribution in [2.24, 2.45) is 0 Å². The number of rotatable bonds is 64. The third kappa shape index (κ3) is 79.1. The second-order valence-electron chi connectivity index (χ2n) is 23.1. The zero-order valence-corrected chi connectivity index (χ0v) is 58.1. The molecule has 6 nitrogen and oxygen atoms in total. The summed E-state index contributed by atoms with van der Waals surface area (Å²) in [5, 5.41) is 0. The van der Waals surface area contributed by atoms with Crippen LogP contribution in [0.1, 0.15) is 336 Å². The fraction of sp³-hybridized carbons (Fsp3) is 0.737. The van der Waals surface area contributed by atoms with Gasteiger partial charge in [-0.3, -0.25) is 19.2 Å². The summed E-state index contributed by atoms with van der Waals surface area (Å²) < 4.78 is 10.8. The molecule has 7 heteroatoms. The van der Waals surface area contributed by atoms with Crippen molar-refractivity contribution in [1.82, 2.24) is 0 Å². The van der Waals surface area contributed by atoms with E-state index in [1.165, 1.54) is 180 Å². The van der Waals surface area contributed by atoms with Gasteiger partial charge in [0.15, 0.2) is 23.1 Å². The molecule has 0 atom stereocenters. The summed E-state index contributed by atoms with van der Waals surface area (Å²) in [5.74, 6) is 0.502. The average Bonchev–Trinajstić information content (AvgIpc) is 3.47. The molecular formula is C76H132O6Zn+2. The summed E-state index contributed by atoms with van der Waals surface area (Å²) in [6.45, 7) is 9.33. The first kappa shape index (κ1) is 84.4. The summed E-state index contributed by atoms with van der Waals surface area (Å²) in [6.07, 6.45) is 91.0. The molecule has 0 amide bonds. The van der Waals surface area contributed by atoms with E-state index in [4.69, 9.17) is 9.47 Å². The molecule has 0 bridgehead atoms. The van der Waals surface area contributed by atoms with E-state index < -0.39 is 0 Å². The Balaban J connectivity index is -0.00000152. The van der Waals surface area contributed by atoms with Crippen LogP contribution in [-0.2, 0) is 48.1 Å². The van der Waals surface area contributed by atoms with Gasteiger partial charge >= 0.3 is 19.5 Å². The fourth-order valence-corrected chi connectivity index (χ4v) is 9.38. The third-order valence-electron chi connectivity index (χ3n) is 14.7. The van der Waals surface area contributed by atoms with Crippen molar-refractivity contribution in [3.05, 3.63) is 97.2 Å². The van der Waals surface area contributed by atoms with Crippen molar-refractivity contribution in [3.63, 3.8) is 0 Å². The second kappa shape index (κ2) is 77.2. The molecule has 0 saturated heterocycles. The Hall–Kier alpha value is -2.86. The number of Topliss-reactive ketones (excluding diaryl/α,β-unsaturated/α-hetero) is 4. The van der Waals surface area contributed by atoms with Crippen LogP contribution in [0.5, 0.6) is 0 Å². The van der Waals surface area contributed by atoms with Crippen LogP contribution < -0.4 is 0 Å². The molecule has 0 rings (SSSR count). The van der Waals surface area contributed by atoms with E-state index in [0.29, 0.717) is 25.7 Å². The molecule has 0 saturated carbocycles. The Labute approximate surface area is 527 Å². The number of hydrogen-bond donors (Lipinski definition) is 0. The number of unbranched alkanes of at least 4 members (excludes halogenated alkanes) is 32. The van der Waals surface area contributed by atoms with E-state index in [9.17, 15) is 19.2 Å². The summed E-state index contributed by atoms with van der Waals surface area (Å²) in [5.41, 5.74) is 0. The largest absolute Gasteiger partial charge is 2.00 e. The molecule has 0 unspecified atom stereocenters. The number of carbonyl (C=O) groups is 4. The minimum atomic E-state index is 0. The smallest absolute Gasteiger partial charge is 0.366 e. The minimum absolute atomic E-state index is 0. The topological polar surface area (TPSA) is 86.7 Å². The molecule has 472 valence electrons. The monoisotopic (exact) mass is 1200 g/mol. The molecule has 0 aliphatic carbocycles. The van der Waals surface area contributed by atoms with E-state index in [-0.39, 0.29) is 69.0 Å². The quantitative estimate of drug-likeness (QED) is 0.0343. The zero-order chi connectivity index (χ0) is 59.8. The molecule has 0 spiro atoms. The van der Waals surface area contributed by atoms with Crippen LogP contribution in [0.4, 0.5) is 0 Å². The van der Waals surface area contributed by atoms with Crippen molar-refractivity contribution in [3.8, 4) is 0 Å². The summed E-state index contributed by atoms with van der Waals surface area (Å²) in [6, 6.07) is 0. The summed E-state index contributed by atoms with van der Waals surface area (Å²) in [4.78, 5) is 48.0. The Morgan fingerprint density at radius 3 is 0.554 bits per heavy atom. The fourth-order valence-electron chi connectivity index (χ4n) is 9.38. The van der Waals surface area contributed by atoms with Crippen LogP contribution in [0.25, 0.3) is 0 Å². The van der Waals surface area contributed by atoms with E-state index in [2.05, 4.69) is 125 Å². The molecule has 0 aromatic carbocycles. The summed E-state index contributed by atoms with van der Waals surface area (Å²) in [7, 11) is 0. The number of ketones is 4. The maximum Gasteiger partial charge on any atom is 2.00 e. The van der Waals surface area contributed by atoms with Gasteiger partial charge in [-0.25, -0.2) is 0 Å². The zero-order valence-electron chi connectivity index (χ0n) is 55.2. The van der Waals surface area contributed by atoms with Crippen molar-refractivity contribution in [2.45, 2.75) is 336 Å². The van der Waals surface area contributed by atoms with Gasteiger partial charge in [0.05, 0.1) is 0 Å². The van der Waals surface area contributed by atoms with Gasteiger partial charge < -0.3 is 9.47 Å². The van der Waals surface area contributed by atoms with Gasteiger partial charge in [0.25, 0.3) is 0 Å². The minimum Gasteiger partial charge on any atom is -0.366 e. The van der Waals surface area contributed by atoms with E-state index >= 15 is 0 Å². The number of hydrogen-bond acceptors (Lipinski definition) is 6. The normalized spacial score (nSPS) is 12.0. The molecule has 0 aliphatic heterocycles. The Bertz CT molecular complexity index is 1380. The predicted molar refractivity (Wildman–Crippen MR) is 359 cm³/mol. The van der Waals surface area contributed by atoms with Crippen molar-refractivity contribution >= 4 is 23.1 Å². The first-order valence-electron chi connectivity index (χ1n) is 34.8. The first-order valence-corrected chi connectivity index (χ1v) is 34.8. The standard InChI is InChI=1S/2C38H66O3.Zn/c2*1-3-5-7-9-11-13-15-17-19-21-23-25-27-29-31-33-37(39)35-41-36-38(40)34-32-30-28-26-24-22-20-18-16-14-12-10-8-6-4-2;/h2*11-14,17-20H,3-10,15-16,21-36H2,1-2H3;/q;;+2/b2*13-11+,14-12+,19-17+,20-18+;. The number of allylic oxidation sites excluding steroid dienone is 16. The molecule has 0 N–H and O–H groups in total. The molecule has 0 radical (unpaired) electrons. The van der Waals surface area contributed by atoms with Crippen LogP contribution in [0.2, 0.25) is 0 Å². The van der Waals surface area contributed by atoms with Crippen LogP contribution in [0.3, 0.4) is 0 Å². The van der Waals surface area contributed by atoms with Crippen molar-refractivity contribution in [1.29, 1.82) is 0 Å². The first-order chi connectivity index (χ1) is 40.4. The molecular weight excluding hydrogens is 1070 g/mol. The van der Waals surface area contributed by atoms with Crippen LogP contribution >= 0.6 is 0 Å². The second-order valence-corrected chi connectivity index (χ2v) is 23.1. The van der Waals surface area contributed by atoms with Crippen LogP contribution in [0.15, 0.2) is 97.2 Å². The predicted octanol–water partition coefficient (Wildman–Crippen LogP) is 23.5. The SMILES string of the molecule is CCCCC/C=C/C/C=C/CCCCCCCC(=O)COCC(=O)CCCCCCC/C=C/C/C=C/CCCCC.CCCCC/C=C/C/C=C/CCCCCCCC(=O)COCC(=O)CCCCCCC/C=C/C/C=C/CCCCC.[Zn+2]. The van der Waals surface area contributed by atoms with Gasteiger partial charge in [0, 0.05) is 25.7 Å². The van der Waals surface area contributed by atoms with Crippen LogP contribution in [0, 0.1) is 0 Å². The third-order valence-corrected chi connectivity index (χ3v) is 14.7. The Morgan fingerprint density at radius 2 is 0.373 bits per heavy atom. The Kier molecular flexibility index (Phi) is 78.4. The van der Waals surface area contributed by atoms with Gasteiger partial charge in [0.1, 0.15) is 26.4 Å². The maximum absolute atomic E-state index is 12.0. The number of carbonyl (C=O) groups excluding carboxylic acids is 4. The number of ether oxygens (including phenoxy) is 2. The Morgan fingerprint density at radius 1 is 0.217 bits per heavy atom. The van der Waals surface area contributed by atoms with Crippen LogP contribution in [-0.4, -0.2) is 49.6 Å². The van der Waals surface area contributed by atoms with Gasteiger partial charge in [-0.05, 0) is 154 Å². The van der Waals surface area contributed by atoms with Gasteiger partial charge in [-0.15, -0.1) is 0 Å². The maximum atomic E-state index is 12.0. The van der Waals surface area contributed by atoms with Crippen molar-refractivity contribution < 1.29 is 48.1 Å². The molecule has 0 heterocycles. The molecule has 83 heavy (non-hydrogen) atoms. The average molecular weight is 1210 g/mol. The van der Waals surface area contributed by atoms with Crippen molar-refractivity contribution in [2.75, 3.05) is 26.4 Å². The van der Waals surface area contributed by atoms with Gasteiger partial charge in [0.2, 0.25) is 0 Å².